The molecule has 1 N–H and O–H groups in total. The highest BCUT2D eigenvalue weighted by molar-refractivity contribution is 5.29. The molecular weight excluding hydrogens is 274 g/mol. The summed E-state index contributed by atoms with van der Waals surface area (Å²) >= 11 is 0. The number of halogens is 6. The molecule has 104 valence electrons. The Bertz CT molecular complexity index is 454. The molecule has 0 saturated carbocycles. The second-order valence-corrected chi connectivity index (χ2v) is 3.68. The SMILES string of the molecule is N#CC(NCC(F)(F)F)c1ccc(C(F)(F)F)cc1. The Morgan fingerprint density at radius 3 is 1.95 bits per heavy atom. The molecule has 0 fully saturated rings. The molecule has 1 unspecified atom stereocenters. The van der Waals surface area contributed by atoms with E-state index in [2.05, 4.69) is 0 Å². The number of nitrogens with one attached hydrogen (secondary N) is 1. The molecule has 1 aromatic rings. The zero-order chi connectivity index (χ0) is 14.7. The molecule has 0 amide bonds. The smallest absolute Gasteiger partial charge is 0.290 e. The van der Waals surface area contributed by atoms with Gasteiger partial charge < -0.3 is 0 Å². The average Bonchev–Trinajstić information content (AvgIpc) is 2.28. The summed E-state index contributed by atoms with van der Waals surface area (Å²) in [5, 5.41) is 10.6. The van der Waals surface area contributed by atoms with Gasteiger partial charge in [0.05, 0.1) is 18.2 Å². The summed E-state index contributed by atoms with van der Waals surface area (Å²) in [6.45, 7) is -1.40. The fraction of sp³-hybridized carbons (Fsp3) is 0.364. The topological polar surface area (TPSA) is 35.8 Å². The van der Waals surface area contributed by atoms with E-state index in [0.717, 1.165) is 24.3 Å². The van der Waals surface area contributed by atoms with Crippen LogP contribution in [0.3, 0.4) is 0 Å². The molecule has 0 aromatic heterocycles. The summed E-state index contributed by atoms with van der Waals surface area (Å²) in [6.07, 6.45) is -9.03. The molecular formula is C11H8F6N2. The summed E-state index contributed by atoms with van der Waals surface area (Å²) in [4.78, 5) is 0. The van der Waals surface area contributed by atoms with Gasteiger partial charge in [-0.25, -0.2) is 0 Å². The highest BCUT2D eigenvalue weighted by Gasteiger charge is 2.31. The summed E-state index contributed by atoms with van der Waals surface area (Å²) in [6, 6.07) is 3.62. The highest BCUT2D eigenvalue weighted by Crippen LogP contribution is 2.30. The number of rotatable bonds is 3. The van der Waals surface area contributed by atoms with Gasteiger partial charge >= 0.3 is 12.4 Å². The van der Waals surface area contributed by atoms with Crippen molar-refractivity contribution in [1.29, 1.82) is 5.26 Å². The third-order valence-electron chi connectivity index (χ3n) is 2.21. The zero-order valence-corrected chi connectivity index (χ0v) is 9.31. The van der Waals surface area contributed by atoms with E-state index in [-0.39, 0.29) is 5.56 Å². The van der Waals surface area contributed by atoms with Gasteiger partial charge in [0.25, 0.3) is 0 Å². The summed E-state index contributed by atoms with van der Waals surface area (Å²) in [5.74, 6) is 0. The Morgan fingerprint density at radius 1 is 1.05 bits per heavy atom. The van der Waals surface area contributed by atoms with Gasteiger partial charge in [0.1, 0.15) is 6.04 Å². The Hall–Kier alpha value is -1.75. The fourth-order valence-electron chi connectivity index (χ4n) is 1.32. The van der Waals surface area contributed by atoms with Crippen molar-refractivity contribution in [2.24, 2.45) is 0 Å². The quantitative estimate of drug-likeness (QED) is 0.862. The minimum atomic E-state index is -4.53. The average molecular weight is 282 g/mol. The van der Waals surface area contributed by atoms with Crippen molar-refractivity contribution in [1.82, 2.24) is 5.32 Å². The van der Waals surface area contributed by atoms with Crippen LogP contribution in [0, 0.1) is 11.3 Å². The molecule has 0 aliphatic carbocycles. The van der Waals surface area contributed by atoms with Crippen molar-refractivity contribution >= 4 is 0 Å². The number of alkyl halides is 6. The van der Waals surface area contributed by atoms with Gasteiger partial charge in [0.15, 0.2) is 0 Å². The lowest BCUT2D eigenvalue weighted by molar-refractivity contribution is -0.137. The molecule has 8 heteroatoms. The predicted molar refractivity (Wildman–Crippen MR) is 53.9 cm³/mol. The van der Waals surface area contributed by atoms with Gasteiger partial charge in [-0.15, -0.1) is 0 Å². The third-order valence-corrected chi connectivity index (χ3v) is 2.21. The first-order valence-electron chi connectivity index (χ1n) is 5.00. The number of nitrogens with zero attached hydrogens (tertiary/aromatic N) is 1. The lowest BCUT2D eigenvalue weighted by Gasteiger charge is -2.14. The van der Waals surface area contributed by atoms with Crippen molar-refractivity contribution < 1.29 is 26.3 Å². The highest BCUT2D eigenvalue weighted by atomic mass is 19.4. The lowest BCUT2D eigenvalue weighted by atomic mass is 10.1. The van der Waals surface area contributed by atoms with Crippen LogP contribution in [0.15, 0.2) is 24.3 Å². The van der Waals surface area contributed by atoms with E-state index in [4.69, 9.17) is 5.26 Å². The lowest BCUT2D eigenvalue weighted by Crippen LogP contribution is -2.31. The zero-order valence-electron chi connectivity index (χ0n) is 9.31. The second-order valence-electron chi connectivity index (χ2n) is 3.68. The summed E-state index contributed by atoms with van der Waals surface area (Å²) in [7, 11) is 0. The van der Waals surface area contributed by atoms with Crippen LogP contribution in [0.1, 0.15) is 17.2 Å². The molecule has 0 aliphatic heterocycles. The molecule has 0 spiro atoms. The Morgan fingerprint density at radius 2 is 1.58 bits per heavy atom. The van der Waals surface area contributed by atoms with Crippen LogP contribution < -0.4 is 5.32 Å². The van der Waals surface area contributed by atoms with E-state index in [9.17, 15) is 26.3 Å². The number of benzene rings is 1. The Kier molecular flexibility index (Phi) is 4.42. The number of nitriles is 1. The summed E-state index contributed by atoms with van der Waals surface area (Å²) in [5.41, 5.74) is -0.886. The van der Waals surface area contributed by atoms with Crippen molar-refractivity contribution in [3.8, 4) is 6.07 Å². The van der Waals surface area contributed by atoms with Crippen LogP contribution in [-0.2, 0) is 6.18 Å². The number of hydrogen-bond acceptors (Lipinski definition) is 2. The molecule has 0 aliphatic rings. The van der Waals surface area contributed by atoms with Gasteiger partial charge in [-0.3, -0.25) is 5.32 Å². The molecule has 1 rings (SSSR count). The first kappa shape index (κ1) is 15.3. The Balaban J connectivity index is 2.81. The maximum absolute atomic E-state index is 12.3. The van der Waals surface area contributed by atoms with E-state index >= 15 is 0 Å². The molecule has 0 bridgehead atoms. The standard InChI is InChI=1S/C11H8F6N2/c12-10(13,14)6-19-9(5-18)7-1-3-8(4-2-7)11(15,16)17/h1-4,9,19H,6H2. The fourth-order valence-corrected chi connectivity index (χ4v) is 1.32. The van der Waals surface area contributed by atoms with Crippen LogP contribution in [0.4, 0.5) is 26.3 Å². The minimum absolute atomic E-state index is 0.0414. The first-order chi connectivity index (χ1) is 8.63. The maximum atomic E-state index is 12.3. The molecule has 0 saturated heterocycles. The maximum Gasteiger partial charge on any atom is 0.416 e. The van der Waals surface area contributed by atoms with Crippen molar-refractivity contribution in [2.45, 2.75) is 18.4 Å². The van der Waals surface area contributed by atoms with E-state index in [1.54, 1.807) is 6.07 Å². The molecule has 1 aromatic carbocycles. The van der Waals surface area contributed by atoms with Crippen LogP contribution in [-0.4, -0.2) is 12.7 Å². The van der Waals surface area contributed by atoms with Gasteiger partial charge in [0.2, 0.25) is 0 Å². The molecule has 1 atom stereocenters. The van der Waals surface area contributed by atoms with Gasteiger partial charge in [-0.1, -0.05) is 12.1 Å². The largest absolute Gasteiger partial charge is 0.416 e. The normalized spacial score (nSPS) is 13.9. The minimum Gasteiger partial charge on any atom is -0.290 e. The Labute approximate surface area is 104 Å². The van der Waals surface area contributed by atoms with Gasteiger partial charge in [-0.05, 0) is 17.7 Å². The van der Waals surface area contributed by atoms with E-state index in [0.29, 0.717) is 0 Å². The predicted octanol–water partition coefficient (Wildman–Crippen LogP) is 3.42. The van der Waals surface area contributed by atoms with Crippen molar-refractivity contribution in [2.75, 3.05) is 6.54 Å². The second kappa shape index (κ2) is 5.48. The van der Waals surface area contributed by atoms with E-state index in [1.807, 2.05) is 5.32 Å². The van der Waals surface area contributed by atoms with E-state index in [1.165, 1.54) is 0 Å². The van der Waals surface area contributed by atoms with Crippen LogP contribution in [0.5, 0.6) is 0 Å². The first-order valence-corrected chi connectivity index (χ1v) is 5.00. The van der Waals surface area contributed by atoms with Gasteiger partial charge in [-0.2, -0.15) is 31.6 Å². The molecule has 2 nitrogen and oxygen atoms in total. The summed E-state index contributed by atoms with van der Waals surface area (Å²) < 4.78 is 72.7. The number of hydrogen-bond donors (Lipinski definition) is 1. The third kappa shape index (κ3) is 4.79. The monoisotopic (exact) mass is 282 g/mol. The van der Waals surface area contributed by atoms with Crippen LogP contribution >= 0.6 is 0 Å². The molecule has 0 radical (unpaired) electrons. The van der Waals surface area contributed by atoms with E-state index < -0.39 is 30.5 Å². The molecule has 19 heavy (non-hydrogen) atoms. The van der Waals surface area contributed by atoms with Crippen molar-refractivity contribution in [3.05, 3.63) is 35.4 Å². The van der Waals surface area contributed by atoms with Crippen LogP contribution in [0.2, 0.25) is 0 Å². The molecule has 0 heterocycles. The van der Waals surface area contributed by atoms with Gasteiger partial charge in [0, 0.05) is 0 Å². The van der Waals surface area contributed by atoms with Crippen LogP contribution in [0.25, 0.3) is 0 Å². The van der Waals surface area contributed by atoms with Crippen molar-refractivity contribution in [3.63, 3.8) is 0 Å².